The third-order valence-electron chi connectivity index (χ3n) is 3.59. The smallest absolute Gasteiger partial charge is 0.260 e. The van der Waals surface area contributed by atoms with Gasteiger partial charge in [0.15, 0.2) is 6.23 Å². The number of hydrogen-bond acceptors (Lipinski definition) is 4. The van der Waals surface area contributed by atoms with Crippen LogP contribution in [0.3, 0.4) is 0 Å². The molecule has 0 amide bonds. The summed E-state index contributed by atoms with van der Waals surface area (Å²) in [5, 5.41) is 21.1. The first-order valence-corrected chi connectivity index (χ1v) is 6.21. The molecule has 2 N–H and O–H groups in total. The molecule has 3 rings (SSSR count). The Morgan fingerprint density at radius 2 is 1.89 bits per heavy atom. The molecule has 1 aliphatic rings. The molecule has 1 saturated heterocycles. The summed E-state index contributed by atoms with van der Waals surface area (Å²) < 4.78 is 6.80. The summed E-state index contributed by atoms with van der Waals surface area (Å²) in [4.78, 5) is 12.4. The van der Waals surface area contributed by atoms with E-state index in [1.54, 1.807) is 31.3 Å². The molecule has 1 aliphatic heterocycles. The van der Waals surface area contributed by atoms with Crippen molar-refractivity contribution in [3.8, 4) is 0 Å². The van der Waals surface area contributed by atoms with E-state index in [1.807, 2.05) is 12.1 Å². The SMILES string of the molecule is CC1OC(n2ccc3ccccc3c2=O)C(O)C1O. The van der Waals surface area contributed by atoms with Gasteiger partial charge in [0.25, 0.3) is 5.56 Å². The molecule has 19 heavy (non-hydrogen) atoms. The average molecular weight is 261 g/mol. The zero-order chi connectivity index (χ0) is 13.6. The maximum atomic E-state index is 12.4. The summed E-state index contributed by atoms with van der Waals surface area (Å²) in [6.07, 6.45) is -1.85. The van der Waals surface area contributed by atoms with Crippen LogP contribution in [0.25, 0.3) is 10.8 Å². The Balaban J connectivity index is 2.12. The third kappa shape index (κ3) is 1.87. The fraction of sp³-hybridized carbons (Fsp3) is 0.357. The van der Waals surface area contributed by atoms with Crippen molar-refractivity contribution < 1.29 is 14.9 Å². The minimum absolute atomic E-state index is 0.233. The summed E-state index contributed by atoms with van der Waals surface area (Å²) in [7, 11) is 0. The number of rotatable bonds is 1. The lowest BCUT2D eigenvalue weighted by Gasteiger charge is -2.18. The van der Waals surface area contributed by atoms with Gasteiger partial charge in [-0.2, -0.15) is 0 Å². The molecule has 4 atom stereocenters. The van der Waals surface area contributed by atoms with E-state index in [-0.39, 0.29) is 5.56 Å². The predicted molar refractivity (Wildman–Crippen MR) is 69.8 cm³/mol. The molecule has 100 valence electrons. The molecular formula is C14H15NO4. The fourth-order valence-corrected chi connectivity index (χ4v) is 2.46. The molecule has 5 heteroatoms. The van der Waals surface area contributed by atoms with Crippen LogP contribution in [0.15, 0.2) is 41.3 Å². The van der Waals surface area contributed by atoms with E-state index < -0.39 is 24.5 Å². The highest BCUT2D eigenvalue weighted by atomic mass is 16.6. The van der Waals surface area contributed by atoms with Gasteiger partial charge in [-0.15, -0.1) is 0 Å². The Kier molecular flexibility index (Phi) is 2.89. The molecule has 2 aromatic rings. The van der Waals surface area contributed by atoms with Crippen LogP contribution in [0, 0.1) is 0 Å². The molecule has 0 radical (unpaired) electrons. The van der Waals surface area contributed by atoms with E-state index in [9.17, 15) is 15.0 Å². The molecule has 1 fully saturated rings. The van der Waals surface area contributed by atoms with Crippen molar-refractivity contribution >= 4 is 10.8 Å². The second kappa shape index (κ2) is 4.45. The molecule has 4 unspecified atom stereocenters. The van der Waals surface area contributed by atoms with Crippen molar-refractivity contribution in [2.45, 2.75) is 31.5 Å². The van der Waals surface area contributed by atoms with Gasteiger partial charge in [-0.3, -0.25) is 9.36 Å². The van der Waals surface area contributed by atoms with Crippen LogP contribution in [-0.2, 0) is 4.74 Å². The van der Waals surface area contributed by atoms with E-state index in [1.165, 1.54) is 4.57 Å². The zero-order valence-corrected chi connectivity index (χ0v) is 10.4. The normalized spacial score (nSPS) is 30.9. The van der Waals surface area contributed by atoms with Crippen LogP contribution in [0.2, 0.25) is 0 Å². The van der Waals surface area contributed by atoms with E-state index >= 15 is 0 Å². The lowest BCUT2D eigenvalue weighted by molar-refractivity contribution is -0.0339. The van der Waals surface area contributed by atoms with Crippen LogP contribution in [0.1, 0.15) is 13.2 Å². The Morgan fingerprint density at radius 1 is 1.16 bits per heavy atom. The zero-order valence-electron chi connectivity index (χ0n) is 10.4. The predicted octanol–water partition coefficient (Wildman–Crippen LogP) is 0.641. The lowest BCUT2D eigenvalue weighted by atomic mass is 10.1. The average Bonchev–Trinajstić information content (AvgIpc) is 2.67. The summed E-state index contributed by atoms with van der Waals surface area (Å²) in [5.74, 6) is 0. The lowest BCUT2D eigenvalue weighted by Crippen LogP contribution is -2.34. The second-order valence-electron chi connectivity index (χ2n) is 4.83. The van der Waals surface area contributed by atoms with Gasteiger partial charge in [-0.25, -0.2) is 0 Å². The van der Waals surface area contributed by atoms with E-state index in [0.717, 1.165) is 5.39 Å². The van der Waals surface area contributed by atoms with Crippen LogP contribution in [0.5, 0.6) is 0 Å². The highest BCUT2D eigenvalue weighted by Gasteiger charge is 2.41. The van der Waals surface area contributed by atoms with Crippen molar-refractivity contribution in [1.82, 2.24) is 4.57 Å². The van der Waals surface area contributed by atoms with Gasteiger partial charge in [0.2, 0.25) is 0 Å². The molecule has 0 spiro atoms. The van der Waals surface area contributed by atoms with E-state index in [0.29, 0.717) is 5.39 Å². The Labute approximate surface area is 109 Å². The molecule has 0 aliphatic carbocycles. The number of aliphatic hydroxyl groups excluding tert-OH is 2. The maximum Gasteiger partial charge on any atom is 0.260 e. The molecule has 0 saturated carbocycles. The number of pyridine rings is 1. The first kappa shape index (κ1) is 12.3. The van der Waals surface area contributed by atoms with Gasteiger partial charge >= 0.3 is 0 Å². The first-order chi connectivity index (χ1) is 9.09. The molecule has 0 bridgehead atoms. The largest absolute Gasteiger partial charge is 0.388 e. The van der Waals surface area contributed by atoms with Crippen molar-refractivity contribution in [3.63, 3.8) is 0 Å². The highest BCUT2D eigenvalue weighted by Crippen LogP contribution is 2.28. The minimum atomic E-state index is -1.10. The van der Waals surface area contributed by atoms with Crippen molar-refractivity contribution in [2.75, 3.05) is 0 Å². The minimum Gasteiger partial charge on any atom is -0.388 e. The molecule has 1 aromatic heterocycles. The number of ether oxygens (including phenoxy) is 1. The monoisotopic (exact) mass is 261 g/mol. The van der Waals surface area contributed by atoms with Crippen LogP contribution in [0.4, 0.5) is 0 Å². The molecular weight excluding hydrogens is 246 g/mol. The quantitative estimate of drug-likeness (QED) is 0.790. The number of nitrogens with zero attached hydrogens (tertiary/aromatic N) is 1. The van der Waals surface area contributed by atoms with Crippen molar-refractivity contribution in [1.29, 1.82) is 0 Å². The maximum absolute atomic E-state index is 12.4. The number of benzene rings is 1. The highest BCUT2D eigenvalue weighted by molar-refractivity contribution is 5.81. The third-order valence-corrected chi connectivity index (χ3v) is 3.59. The van der Waals surface area contributed by atoms with Crippen molar-refractivity contribution in [2.24, 2.45) is 0 Å². The van der Waals surface area contributed by atoms with Gasteiger partial charge in [-0.05, 0) is 24.4 Å². The van der Waals surface area contributed by atoms with Crippen LogP contribution >= 0.6 is 0 Å². The molecule has 1 aromatic carbocycles. The van der Waals surface area contributed by atoms with Gasteiger partial charge in [0, 0.05) is 11.6 Å². The summed E-state index contributed by atoms with van der Waals surface area (Å²) in [6, 6.07) is 9.03. The Bertz CT molecular complexity index is 666. The van der Waals surface area contributed by atoms with Gasteiger partial charge in [0.1, 0.15) is 12.2 Å². The van der Waals surface area contributed by atoms with Gasteiger partial charge < -0.3 is 14.9 Å². The summed E-state index contributed by atoms with van der Waals surface area (Å²) >= 11 is 0. The van der Waals surface area contributed by atoms with E-state index in [2.05, 4.69) is 0 Å². The number of hydrogen-bond donors (Lipinski definition) is 2. The van der Waals surface area contributed by atoms with Crippen molar-refractivity contribution in [3.05, 3.63) is 46.9 Å². The topological polar surface area (TPSA) is 71.7 Å². The fourth-order valence-electron chi connectivity index (χ4n) is 2.46. The Hall–Kier alpha value is -1.69. The summed E-state index contributed by atoms with van der Waals surface area (Å²) in [6.45, 7) is 1.67. The molecule has 5 nitrogen and oxygen atoms in total. The number of aromatic nitrogens is 1. The molecule has 2 heterocycles. The van der Waals surface area contributed by atoms with Gasteiger partial charge in [-0.1, -0.05) is 18.2 Å². The summed E-state index contributed by atoms with van der Waals surface area (Å²) in [5.41, 5.74) is -0.233. The van der Waals surface area contributed by atoms with E-state index in [4.69, 9.17) is 4.74 Å². The number of fused-ring (bicyclic) bond motifs is 1. The first-order valence-electron chi connectivity index (χ1n) is 6.21. The Morgan fingerprint density at radius 3 is 2.58 bits per heavy atom. The van der Waals surface area contributed by atoms with Gasteiger partial charge in [0.05, 0.1) is 6.10 Å². The van der Waals surface area contributed by atoms with Crippen LogP contribution in [-0.4, -0.2) is 33.1 Å². The number of aliphatic hydroxyl groups is 2. The standard InChI is InChI=1S/C14H15NO4/c1-8-11(16)12(17)14(19-8)15-7-6-9-4-2-3-5-10(9)13(15)18/h2-8,11-12,14,16-17H,1H3. The second-order valence-corrected chi connectivity index (χ2v) is 4.83. The van der Waals surface area contributed by atoms with Crippen LogP contribution < -0.4 is 5.56 Å².